The summed E-state index contributed by atoms with van der Waals surface area (Å²) in [4.78, 5) is 4.59. The van der Waals surface area contributed by atoms with Gasteiger partial charge < -0.3 is 0 Å². The topological polar surface area (TPSA) is 12.9 Å². The normalized spacial score (nSPS) is 12.1. The standard InChI is InChI=1S/C35H20F7N/c36-32-13-11-22(12-14-32)21-1-3-23(4-2-21)26-9-10-27-15-29(20-43-33(27)18-26)25-7-5-24(6-8-25)28-16-30(34(37,38)39)19-31(17-28)35(40,41)42/h1-20H. The minimum Gasteiger partial charge on any atom is -0.256 e. The minimum atomic E-state index is -4.92. The molecular weight excluding hydrogens is 567 g/mol. The van der Waals surface area contributed by atoms with Crippen molar-refractivity contribution in [2.45, 2.75) is 12.4 Å². The van der Waals surface area contributed by atoms with E-state index in [4.69, 9.17) is 0 Å². The highest BCUT2D eigenvalue weighted by Gasteiger charge is 2.37. The second-order valence-electron chi connectivity index (χ2n) is 10.1. The summed E-state index contributed by atoms with van der Waals surface area (Å²) in [6.07, 6.45) is -8.16. The van der Waals surface area contributed by atoms with Crippen molar-refractivity contribution in [2.24, 2.45) is 0 Å². The first-order valence-electron chi connectivity index (χ1n) is 13.1. The third-order valence-corrected chi connectivity index (χ3v) is 7.22. The van der Waals surface area contributed by atoms with Gasteiger partial charge in [-0.2, -0.15) is 26.3 Å². The van der Waals surface area contributed by atoms with Crippen LogP contribution in [0.1, 0.15) is 11.1 Å². The maximum Gasteiger partial charge on any atom is 0.416 e. The second-order valence-corrected chi connectivity index (χ2v) is 10.1. The predicted molar refractivity (Wildman–Crippen MR) is 153 cm³/mol. The molecule has 0 amide bonds. The highest BCUT2D eigenvalue weighted by atomic mass is 19.4. The molecule has 0 aliphatic carbocycles. The summed E-state index contributed by atoms with van der Waals surface area (Å²) in [5, 5.41) is 0.862. The quantitative estimate of drug-likeness (QED) is 0.187. The van der Waals surface area contributed by atoms with Crippen LogP contribution in [0.25, 0.3) is 55.4 Å². The summed E-state index contributed by atoms with van der Waals surface area (Å²) < 4.78 is 93.0. The summed E-state index contributed by atoms with van der Waals surface area (Å²) in [6.45, 7) is 0. The van der Waals surface area contributed by atoms with Gasteiger partial charge in [0, 0.05) is 17.1 Å². The van der Waals surface area contributed by atoms with Crippen LogP contribution in [0.3, 0.4) is 0 Å². The summed E-state index contributed by atoms with van der Waals surface area (Å²) in [6, 6.07) is 29.8. The van der Waals surface area contributed by atoms with E-state index in [0.29, 0.717) is 5.56 Å². The van der Waals surface area contributed by atoms with Crippen molar-refractivity contribution in [3.05, 3.63) is 138 Å². The molecule has 1 aromatic heterocycles. The van der Waals surface area contributed by atoms with Crippen LogP contribution in [0, 0.1) is 5.82 Å². The highest BCUT2D eigenvalue weighted by Crippen LogP contribution is 2.39. The molecule has 0 saturated heterocycles. The number of pyridine rings is 1. The Hall–Kier alpha value is -4.98. The lowest BCUT2D eigenvalue weighted by molar-refractivity contribution is -0.143. The highest BCUT2D eigenvalue weighted by molar-refractivity contribution is 5.88. The van der Waals surface area contributed by atoms with Gasteiger partial charge in [-0.3, -0.25) is 4.98 Å². The van der Waals surface area contributed by atoms with Crippen molar-refractivity contribution in [3.8, 4) is 44.5 Å². The molecule has 6 aromatic rings. The lowest BCUT2D eigenvalue weighted by Crippen LogP contribution is -2.11. The average Bonchev–Trinajstić information content (AvgIpc) is 3.00. The smallest absolute Gasteiger partial charge is 0.256 e. The molecule has 43 heavy (non-hydrogen) atoms. The molecule has 5 aromatic carbocycles. The van der Waals surface area contributed by atoms with Gasteiger partial charge in [0.25, 0.3) is 0 Å². The minimum absolute atomic E-state index is 0.118. The van der Waals surface area contributed by atoms with Crippen molar-refractivity contribution >= 4 is 10.9 Å². The van der Waals surface area contributed by atoms with E-state index in [1.165, 1.54) is 24.3 Å². The van der Waals surface area contributed by atoms with E-state index in [2.05, 4.69) is 4.98 Å². The van der Waals surface area contributed by atoms with Gasteiger partial charge in [0.15, 0.2) is 0 Å². The predicted octanol–water partition coefficient (Wildman–Crippen LogP) is 11.1. The van der Waals surface area contributed by atoms with Crippen LogP contribution in [0.15, 0.2) is 121 Å². The Kier molecular flexibility index (Phi) is 7.00. The number of hydrogen-bond acceptors (Lipinski definition) is 1. The molecule has 0 unspecified atom stereocenters. The summed E-state index contributed by atoms with van der Waals surface area (Å²) >= 11 is 0. The number of nitrogens with zero attached hydrogens (tertiary/aromatic N) is 1. The van der Waals surface area contributed by atoms with Crippen LogP contribution in [-0.2, 0) is 12.4 Å². The summed E-state index contributed by atoms with van der Waals surface area (Å²) in [5.74, 6) is -0.290. The van der Waals surface area contributed by atoms with Gasteiger partial charge in [0.05, 0.1) is 16.6 Å². The van der Waals surface area contributed by atoms with Crippen LogP contribution in [0.2, 0.25) is 0 Å². The van der Waals surface area contributed by atoms with E-state index in [-0.39, 0.29) is 23.0 Å². The molecule has 0 saturated carbocycles. The van der Waals surface area contributed by atoms with Gasteiger partial charge >= 0.3 is 12.4 Å². The lowest BCUT2D eigenvalue weighted by atomic mass is 9.96. The van der Waals surface area contributed by atoms with Crippen LogP contribution in [-0.4, -0.2) is 4.98 Å². The van der Waals surface area contributed by atoms with Gasteiger partial charge in [-0.1, -0.05) is 72.8 Å². The monoisotopic (exact) mass is 587 g/mol. The molecular formula is C35H20F7N. The van der Waals surface area contributed by atoms with E-state index < -0.39 is 23.5 Å². The largest absolute Gasteiger partial charge is 0.416 e. The molecule has 1 nitrogen and oxygen atoms in total. The van der Waals surface area contributed by atoms with Gasteiger partial charge in [-0.15, -0.1) is 0 Å². The first-order chi connectivity index (χ1) is 20.4. The van der Waals surface area contributed by atoms with Crippen molar-refractivity contribution < 1.29 is 30.7 Å². The second kappa shape index (κ2) is 10.7. The average molecular weight is 588 g/mol. The Morgan fingerprint density at radius 1 is 0.395 bits per heavy atom. The first-order valence-corrected chi connectivity index (χ1v) is 13.1. The third-order valence-electron chi connectivity index (χ3n) is 7.22. The fourth-order valence-corrected chi connectivity index (χ4v) is 4.93. The van der Waals surface area contributed by atoms with Crippen LogP contribution in [0.5, 0.6) is 0 Å². The SMILES string of the molecule is Fc1ccc(-c2ccc(-c3ccc4cc(-c5ccc(-c6cc(C(F)(F)F)cc(C(F)(F)F)c6)cc5)cnc4c3)cc2)cc1. The zero-order valence-corrected chi connectivity index (χ0v) is 22.1. The Bertz CT molecular complexity index is 1890. The van der Waals surface area contributed by atoms with Gasteiger partial charge in [0.2, 0.25) is 0 Å². The van der Waals surface area contributed by atoms with Gasteiger partial charge in [-0.05, 0) is 81.4 Å². The Morgan fingerprint density at radius 3 is 1.33 bits per heavy atom. The summed E-state index contributed by atoms with van der Waals surface area (Å²) in [5.41, 5.74) is 3.36. The van der Waals surface area contributed by atoms with Crippen LogP contribution >= 0.6 is 0 Å². The van der Waals surface area contributed by atoms with Gasteiger partial charge in [0.1, 0.15) is 5.82 Å². The summed E-state index contributed by atoms with van der Waals surface area (Å²) in [7, 11) is 0. The molecule has 0 atom stereocenters. The molecule has 0 radical (unpaired) electrons. The van der Waals surface area contributed by atoms with Crippen molar-refractivity contribution in [1.29, 1.82) is 0 Å². The van der Waals surface area contributed by atoms with E-state index in [0.717, 1.165) is 50.9 Å². The molecule has 0 aliphatic heterocycles. The fraction of sp³-hybridized carbons (Fsp3) is 0.0571. The molecule has 0 bridgehead atoms. The lowest BCUT2D eigenvalue weighted by Gasteiger charge is -2.14. The molecule has 0 N–H and O–H groups in total. The number of rotatable bonds is 4. The Labute approximate surface area is 241 Å². The number of aromatic nitrogens is 1. The maximum absolute atomic E-state index is 13.3. The van der Waals surface area contributed by atoms with Crippen LogP contribution in [0.4, 0.5) is 30.7 Å². The zero-order chi connectivity index (χ0) is 30.4. The number of halogens is 7. The molecule has 0 fully saturated rings. The molecule has 1 heterocycles. The van der Waals surface area contributed by atoms with Crippen molar-refractivity contribution in [3.63, 3.8) is 0 Å². The van der Waals surface area contributed by atoms with E-state index in [9.17, 15) is 30.7 Å². The van der Waals surface area contributed by atoms with Crippen molar-refractivity contribution in [1.82, 2.24) is 4.98 Å². The Balaban J connectivity index is 1.26. The third kappa shape index (κ3) is 6.00. The van der Waals surface area contributed by atoms with E-state index in [1.807, 2.05) is 48.5 Å². The molecule has 0 spiro atoms. The number of benzene rings is 5. The maximum atomic E-state index is 13.3. The Morgan fingerprint density at radius 2 is 0.814 bits per heavy atom. The zero-order valence-electron chi connectivity index (χ0n) is 22.1. The number of fused-ring (bicyclic) bond motifs is 1. The van der Waals surface area contributed by atoms with Crippen molar-refractivity contribution in [2.75, 3.05) is 0 Å². The molecule has 0 aliphatic rings. The first kappa shape index (κ1) is 28.2. The molecule has 6 rings (SSSR count). The van der Waals surface area contributed by atoms with E-state index >= 15 is 0 Å². The fourth-order valence-electron chi connectivity index (χ4n) is 4.93. The number of alkyl halides is 6. The van der Waals surface area contributed by atoms with Crippen LogP contribution < -0.4 is 0 Å². The molecule has 8 heteroatoms. The number of hydrogen-bond donors (Lipinski definition) is 0. The van der Waals surface area contributed by atoms with E-state index in [1.54, 1.807) is 30.5 Å². The molecule has 214 valence electrons. The van der Waals surface area contributed by atoms with Gasteiger partial charge in [-0.25, -0.2) is 4.39 Å².